The third-order valence-electron chi connectivity index (χ3n) is 6.68. The number of benzene rings is 3. The minimum Gasteiger partial charge on any atom is -0.306 e. The molecule has 0 aliphatic rings. The van der Waals surface area contributed by atoms with Crippen LogP contribution in [-0.4, -0.2) is 29.1 Å². The Balaban J connectivity index is 1.42. The highest BCUT2D eigenvalue weighted by Crippen LogP contribution is 2.38. The predicted molar refractivity (Wildman–Crippen MR) is 148 cm³/mol. The maximum absolute atomic E-state index is 13.6. The molecular weight excluding hydrogens is 500 g/mol. The van der Waals surface area contributed by atoms with Gasteiger partial charge in [0.15, 0.2) is 5.65 Å². The van der Waals surface area contributed by atoms with Crippen molar-refractivity contribution >= 4 is 38.9 Å². The summed E-state index contributed by atoms with van der Waals surface area (Å²) in [5, 5.41) is 6.67. The maximum atomic E-state index is 13.6. The molecule has 1 N–H and O–H groups in total. The van der Waals surface area contributed by atoms with Crippen LogP contribution < -0.4 is 11.2 Å². The largest absolute Gasteiger partial charge is 0.333 e. The summed E-state index contributed by atoms with van der Waals surface area (Å²) < 4.78 is 2.82. The van der Waals surface area contributed by atoms with Gasteiger partial charge in [-0.15, -0.1) is 0 Å². The molecular formula is C29H17ClN6O2. The van der Waals surface area contributed by atoms with Crippen LogP contribution in [-0.2, 0) is 0 Å². The quantitative estimate of drug-likeness (QED) is 0.345. The van der Waals surface area contributed by atoms with Gasteiger partial charge in [0, 0.05) is 33.8 Å². The number of nitrogens with one attached hydrogen (secondary N) is 1. The van der Waals surface area contributed by atoms with E-state index in [2.05, 4.69) is 20.1 Å². The van der Waals surface area contributed by atoms with Crippen LogP contribution in [0.15, 0.2) is 107 Å². The lowest BCUT2D eigenvalue weighted by atomic mass is 9.94. The molecule has 0 unspecified atom stereocenters. The zero-order valence-corrected chi connectivity index (χ0v) is 20.4. The Kier molecular flexibility index (Phi) is 4.95. The van der Waals surface area contributed by atoms with Gasteiger partial charge < -0.3 is 4.98 Å². The zero-order valence-electron chi connectivity index (χ0n) is 19.7. The van der Waals surface area contributed by atoms with Gasteiger partial charge in [-0.2, -0.15) is 5.10 Å². The van der Waals surface area contributed by atoms with Crippen LogP contribution in [0.5, 0.6) is 0 Å². The van der Waals surface area contributed by atoms with Gasteiger partial charge in [-0.25, -0.2) is 18.9 Å². The number of rotatable bonds is 3. The molecule has 0 spiro atoms. The fourth-order valence-electron chi connectivity index (χ4n) is 4.91. The SMILES string of the molecule is O=c1[nH]c2cc(-c3c(Cl)cccc3-c3ccn4ncnc4c3)ccc2c(=O)n1-c1cncc2ccccc12. The number of pyridine rings is 2. The normalized spacial score (nSPS) is 11.5. The molecule has 7 aromatic rings. The van der Waals surface area contributed by atoms with Crippen LogP contribution in [0.4, 0.5) is 0 Å². The van der Waals surface area contributed by atoms with E-state index in [9.17, 15) is 9.59 Å². The molecule has 3 aromatic carbocycles. The van der Waals surface area contributed by atoms with Crippen molar-refractivity contribution in [1.29, 1.82) is 0 Å². The van der Waals surface area contributed by atoms with Crippen LogP contribution in [0.25, 0.3) is 55.3 Å². The first kappa shape index (κ1) is 22.1. The number of aromatic amines is 1. The average molecular weight is 517 g/mol. The summed E-state index contributed by atoms with van der Waals surface area (Å²) in [4.78, 5) is 38.2. The third-order valence-corrected chi connectivity index (χ3v) is 6.99. The fraction of sp³-hybridized carbons (Fsp3) is 0. The van der Waals surface area contributed by atoms with Crippen LogP contribution in [0, 0.1) is 0 Å². The summed E-state index contributed by atoms with van der Waals surface area (Å²) in [5.74, 6) is 0. The monoisotopic (exact) mass is 516 g/mol. The topological polar surface area (TPSA) is 97.9 Å². The molecule has 0 amide bonds. The molecule has 0 radical (unpaired) electrons. The molecule has 0 atom stereocenters. The lowest BCUT2D eigenvalue weighted by Gasteiger charge is -2.14. The number of hydrogen-bond donors (Lipinski definition) is 1. The van der Waals surface area contributed by atoms with E-state index in [0.29, 0.717) is 27.3 Å². The van der Waals surface area contributed by atoms with Gasteiger partial charge >= 0.3 is 5.69 Å². The predicted octanol–water partition coefficient (Wildman–Crippen LogP) is 5.26. The summed E-state index contributed by atoms with van der Waals surface area (Å²) >= 11 is 6.71. The Labute approximate surface area is 219 Å². The number of halogens is 1. The van der Waals surface area contributed by atoms with Crippen molar-refractivity contribution in [2.24, 2.45) is 0 Å². The van der Waals surface area contributed by atoms with E-state index >= 15 is 0 Å². The minimum absolute atomic E-state index is 0.375. The number of H-pyrrole nitrogens is 1. The highest BCUT2D eigenvalue weighted by Gasteiger charge is 2.16. The Morgan fingerprint density at radius 2 is 1.74 bits per heavy atom. The van der Waals surface area contributed by atoms with E-state index in [0.717, 1.165) is 37.6 Å². The van der Waals surface area contributed by atoms with Gasteiger partial charge in [0.05, 0.1) is 22.8 Å². The highest BCUT2D eigenvalue weighted by molar-refractivity contribution is 6.34. The fourth-order valence-corrected chi connectivity index (χ4v) is 5.20. The first-order valence-corrected chi connectivity index (χ1v) is 12.2. The molecule has 38 heavy (non-hydrogen) atoms. The summed E-state index contributed by atoms with van der Waals surface area (Å²) in [6.07, 6.45) is 6.57. The second kappa shape index (κ2) is 8.50. The van der Waals surface area contributed by atoms with E-state index in [1.807, 2.05) is 66.9 Å². The van der Waals surface area contributed by atoms with Crippen molar-refractivity contribution in [3.63, 3.8) is 0 Å². The van der Waals surface area contributed by atoms with Crippen LogP contribution in [0.3, 0.4) is 0 Å². The molecule has 182 valence electrons. The van der Waals surface area contributed by atoms with Crippen LogP contribution in [0.1, 0.15) is 0 Å². The molecule has 7 rings (SSSR count). The molecule has 0 saturated carbocycles. The Hall–Kier alpha value is -5.08. The van der Waals surface area contributed by atoms with E-state index in [4.69, 9.17) is 11.6 Å². The summed E-state index contributed by atoms with van der Waals surface area (Å²) in [7, 11) is 0. The van der Waals surface area contributed by atoms with E-state index < -0.39 is 11.2 Å². The lowest BCUT2D eigenvalue weighted by molar-refractivity contribution is 0.902. The second-order valence-corrected chi connectivity index (χ2v) is 9.26. The van der Waals surface area contributed by atoms with Crippen molar-refractivity contribution in [2.75, 3.05) is 0 Å². The van der Waals surface area contributed by atoms with Crippen LogP contribution >= 0.6 is 11.6 Å². The summed E-state index contributed by atoms with van der Waals surface area (Å²) in [5.41, 5.74) is 3.93. The molecule has 0 saturated heterocycles. The number of aromatic nitrogens is 6. The van der Waals surface area contributed by atoms with Gasteiger partial charge in [0.25, 0.3) is 5.56 Å². The van der Waals surface area contributed by atoms with Crippen molar-refractivity contribution in [2.45, 2.75) is 0 Å². The van der Waals surface area contributed by atoms with Crippen molar-refractivity contribution in [3.05, 3.63) is 124 Å². The molecule has 8 nitrogen and oxygen atoms in total. The van der Waals surface area contributed by atoms with Gasteiger partial charge in [-0.3, -0.25) is 9.78 Å². The molecule has 0 aliphatic heterocycles. The van der Waals surface area contributed by atoms with Crippen molar-refractivity contribution in [3.8, 4) is 27.9 Å². The summed E-state index contributed by atoms with van der Waals surface area (Å²) in [6, 6.07) is 22.4. The Morgan fingerprint density at radius 1 is 0.842 bits per heavy atom. The number of hydrogen-bond acceptors (Lipinski definition) is 5. The average Bonchev–Trinajstić information content (AvgIpc) is 3.41. The standard InChI is InChI=1S/C29H17ClN6O2/c30-23-7-3-6-21(17-10-11-35-26(13-17)32-16-33-35)27(23)18-8-9-22-24(12-18)34-29(38)36(28(22)37)25-15-31-14-19-4-1-2-5-20(19)25/h1-16H,(H,34,38). The number of nitrogens with zero attached hydrogens (tertiary/aromatic N) is 5. The van der Waals surface area contributed by atoms with Crippen LogP contribution in [0.2, 0.25) is 5.02 Å². The van der Waals surface area contributed by atoms with Gasteiger partial charge in [0.2, 0.25) is 0 Å². The first-order valence-electron chi connectivity index (χ1n) is 11.8. The molecule has 4 aromatic heterocycles. The lowest BCUT2D eigenvalue weighted by Crippen LogP contribution is -2.33. The van der Waals surface area contributed by atoms with E-state index in [1.54, 1.807) is 22.8 Å². The highest BCUT2D eigenvalue weighted by atomic mass is 35.5. The Bertz CT molecular complexity index is 2160. The Morgan fingerprint density at radius 3 is 2.66 bits per heavy atom. The molecule has 9 heteroatoms. The first-order chi connectivity index (χ1) is 18.6. The van der Waals surface area contributed by atoms with Gasteiger partial charge in [-0.05, 0) is 47.0 Å². The second-order valence-electron chi connectivity index (χ2n) is 8.85. The molecule has 0 bridgehead atoms. The number of fused-ring (bicyclic) bond motifs is 3. The van der Waals surface area contributed by atoms with E-state index in [1.165, 1.54) is 12.5 Å². The van der Waals surface area contributed by atoms with Gasteiger partial charge in [-0.1, -0.05) is 54.1 Å². The zero-order chi connectivity index (χ0) is 25.8. The van der Waals surface area contributed by atoms with Crippen molar-refractivity contribution in [1.82, 2.24) is 29.1 Å². The summed E-state index contributed by atoms with van der Waals surface area (Å²) in [6.45, 7) is 0. The van der Waals surface area contributed by atoms with E-state index in [-0.39, 0.29) is 0 Å². The molecule has 0 aliphatic carbocycles. The van der Waals surface area contributed by atoms with Gasteiger partial charge in [0.1, 0.15) is 6.33 Å². The minimum atomic E-state index is -0.547. The maximum Gasteiger partial charge on any atom is 0.333 e. The van der Waals surface area contributed by atoms with Crippen molar-refractivity contribution < 1.29 is 0 Å². The molecule has 4 heterocycles. The third kappa shape index (κ3) is 3.42. The smallest absolute Gasteiger partial charge is 0.306 e. The molecule has 0 fully saturated rings.